The Morgan fingerprint density at radius 1 is 1.11 bits per heavy atom. The first-order chi connectivity index (χ1) is 12.8. The van der Waals surface area contributed by atoms with E-state index in [-0.39, 0.29) is 16.1 Å². The zero-order chi connectivity index (χ0) is 19.6. The summed E-state index contributed by atoms with van der Waals surface area (Å²) in [6.07, 6.45) is 4.31. The van der Waals surface area contributed by atoms with E-state index in [0.717, 1.165) is 0 Å². The number of benzene rings is 1. The van der Waals surface area contributed by atoms with Crippen LogP contribution in [0.5, 0.6) is 0 Å². The number of hydrogen-bond acceptors (Lipinski definition) is 5. The Bertz CT molecular complexity index is 1260. The zero-order valence-corrected chi connectivity index (χ0v) is 15.2. The van der Waals surface area contributed by atoms with Crippen molar-refractivity contribution in [3.63, 3.8) is 0 Å². The highest BCUT2D eigenvalue weighted by Gasteiger charge is 2.21. The van der Waals surface area contributed by atoms with Crippen LogP contribution in [0.2, 0.25) is 0 Å². The Hall–Kier alpha value is -3.66. The van der Waals surface area contributed by atoms with E-state index in [4.69, 9.17) is 9.68 Å². The topological polar surface area (TPSA) is 116 Å². The molecule has 136 valence electrons. The van der Waals surface area contributed by atoms with Gasteiger partial charge in [0.15, 0.2) is 6.39 Å². The van der Waals surface area contributed by atoms with Crippen molar-refractivity contribution in [3.8, 4) is 6.07 Å². The molecule has 0 spiro atoms. The predicted molar refractivity (Wildman–Crippen MR) is 100 cm³/mol. The van der Waals surface area contributed by atoms with Gasteiger partial charge in [-0.05, 0) is 29.8 Å². The maximum Gasteiger partial charge on any atom is 0.272 e. The van der Waals surface area contributed by atoms with Crippen molar-refractivity contribution in [3.05, 3.63) is 84.6 Å². The van der Waals surface area contributed by atoms with Crippen molar-refractivity contribution in [1.82, 2.24) is 15.0 Å². The van der Waals surface area contributed by atoms with Gasteiger partial charge in [0.25, 0.3) is 11.1 Å². The summed E-state index contributed by atoms with van der Waals surface area (Å²) >= 11 is 0. The van der Waals surface area contributed by atoms with Crippen LogP contribution in [-0.4, -0.2) is 15.0 Å². The molecule has 0 unspecified atom stereocenters. The van der Waals surface area contributed by atoms with Gasteiger partial charge in [0.1, 0.15) is 22.2 Å². The predicted octanol–water partition coefficient (Wildman–Crippen LogP) is 0.878. The number of aromatic amines is 2. The Labute approximate surface area is 154 Å². The van der Waals surface area contributed by atoms with E-state index in [1.54, 1.807) is 24.3 Å². The van der Waals surface area contributed by atoms with Gasteiger partial charge >= 0.3 is 0 Å². The van der Waals surface area contributed by atoms with E-state index in [0.29, 0.717) is 22.6 Å². The standard InChI is InChI=1S/C20H18N4O3/c1-20(2,3)17-14(22-11-27-17)9-16-19(26)23-15(18(25)24-16)8-12-5-4-6-13(7-12)10-21/h4-9,11H,1-3H3,(H,23,26)(H,24,25)/b15-8-,16-9-. The van der Waals surface area contributed by atoms with Gasteiger partial charge in [-0.2, -0.15) is 5.26 Å². The molecule has 27 heavy (non-hydrogen) atoms. The summed E-state index contributed by atoms with van der Waals surface area (Å²) in [4.78, 5) is 34.1. The molecule has 2 N–H and O–H groups in total. The molecule has 3 rings (SSSR count). The lowest BCUT2D eigenvalue weighted by molar-refractivity contribution is 0.407. The zero-order valence-electron chi connectivity index (χ0n) is 15.2. The highest BCUT2D eigenvalue weighted by atomic mass is 16.3. The van der Waals surface area contributed by atoms with Gasteiger partial charge < -0.3 is 14.4 Å². The van der Waals surface area contributed by atoms with Crippen molar-refractivity contribution < 1.29 is 4.42 Å². The summed E-state index contributed by atoms with van der Waals surface area (Å²) in [6.45, 7) is 5.89. The molecule has 7 nitrogen and oxygen atoms in total. The quantitative estimate of drug-likeness (QED) is 0.702. The lowest BCUT2D eigenvalue weighted by Gasteiger charge is -2.14. The Balaban J connectivity index is 2.13. The molecule has 3 aromatic rings. The van der Waals surface area contributed by atoms with Gasteiger partial charge in [-0.1, -0.05) is 32.9 Å². The molecular formula is C20H18N4O3. The monoisotopic (exact) mass is 362 g/mol. The van der Waals surface area contributed by atoms with Crippen LogP contribution in [-0.2, 0) is 5.41 Å². The van der Waals surface area contributed by atoms with Crippen LogP contribution < -0.4 is 21.8 Å². The van der Waals surface area contributed by atoms with Crippen molar-refractivity contribution in [2.75, 3.05) is 0 Å². The first-order valence-corrected chi connectivity index (χ1v) is 8.28. The normalized spacial score (nSPS) is 13.0. The Morgan fingerprint density at radius 3 is 2.41 bits per heavy atom. The van der Waals surface area contributed by atoms with E-state index in [1.807, 2.05) is 26.8 Å². The number of nitrogens with one attached hydrogen (secondary N) is 2. The molecule has 2 heterocycles. The first kappa shape index (κ1) is 18.1. The molecule has 0 aliphatic heterocycles. The molecule has 7 heteroatoms. The van der Waals surface area contributed by atoms with Crippen LogP contribution in [0.3, 0.4) is 0 Å². The number of H-pyrrole nitrogens is 2. The molecule has 0 fully saturated rings. The fourth-order valence-corrected chi connectivity index (χ4v) is 2.62. The fraction of sp³-hybridized carbons (Fsp3) is 0.200. The second-order valence-corrected chi connectivity index (χ2v) is 7.08. The third-order valence-electron chi connectivity index (χ3n) is 3.87. The molecule has 0 amide bonds. The minimum absolute atomic E-state index is 0.0855. The third-order valence-corrected chi connectivity index (χ3v) is 3.87. The van der Waals surface area contributed by atoms with E-state index in [2.05, 4.69) is 15.0 Å². The molecule has 0 saturated heterocycles. The molecule has 0 aliphatic carbocycles. The van der Waals surface area contributed by atoms with Crippen LogP contribution in [0.1, 0.15) is 43.4 Å². The Morgan fingerprint density at radius 2 is 1.78 bits per heavy atom. The maximum atomic E-state index is 12.4. The van der Waals surface area contributed by atoms with Crippen LogP contribution >= 0.6 is 0 Å². The summed E-state index contributed by atoms with van der Waals surface area (Å²) < 4.78 is 5.42. The molecule has 0 aliphatic rings. The van der Waals surface area contributed by atoms with Crippen molar-refractivity contribution in [1.29, 1.82) is 5.26 Å². The van der Waals surface area contributed by atoms with Gasteiger partial charge in [0.2, 0.25) is 0 Å². The number of nitriles is 1. The number of rotatable bonds is 2. The maximum absolute atomic E-state index is 12.4. The van der Waals surface area contributed by atoms with E-state index in [1.165, 1.54) is 18.5 Å². The lowest BCUT2D eigenvalue weighted by Crippen LogP contribution is -2.46. The molecule has 0 saturated carbocycles. The molecule has 0 atom stereocenters. The third kappa shape index (κ3) is 3.96. The second-order valence-electron chi connectivity index (χ2n) is 7.08. The summed E-state index contributed by atoms with van der Waals surface area (Å²) in [5.41, 5.74) is 0.382. The summed E-state index contributed by atoms with van der Waals surface area (Å²) in [5.74, 6) is 0.617. The largest absolute Gasteiger partial charge is 0.447 e. The second kappa shape index (κ2) is 6.92. The van der Waals surface area contributed by atoms with Crippen molar-refractivity contribution >= 4 is 12.2 Å². The summed E-state index contributed by atoms with van der Waals surface area (Å²) in [7, 11) is 0. The van der Waals surface area contributed by atoms with Gasteiger partial charge in [-0.15, -0.1) is 0 Å². The average Bonchev–Trinajstić information content (AvgIpc) is 3.08. The average molecular weight is 362 g/mol. The first-order valence-electron chi connectivity index (χ1n) is 8.28. The van der Waals surface area contributed by atoms with Gasteiger partial charge in [0, 0.05) is 5.41 Å². The van der Waals surface area contributed by atoms with Gasteiger partial charge in [-0.3, -0.25) is 9.59 Å². The SMILES string of the molecule is CC(C)(C)c1ocnc1/C=c1\[nH]c(=O)/c(=C/c2cccc(C#N)c2)[nH]c1=O. The van der Waals surface area contributed by atoms with Gasteiger partial charge in [0.05, 0.1) is 11.6 Å². The smallest absolute Gasteiger partial charge is 0.272 e. The van der Waals surface area contributed by atoms with Crippen LogP contribution in [0.25, 0.3) is 12.2 Å². The van der Waals surface area contributed by atoms with Crippen LogP contribution in [0.4, 0.5) is 0 Å². The Kier molecular flexibility index (Phi) is 4.65. The highest BCUT2D eigenvalue weighted by molar-refractivity contribution is 5.51. The van der Waals surface area contributed by atoms with E-state index < -0.39 is 11.1 Å². The van der Waals surface area contributed by atoms with Crippen molar-refractivity contribution in [2.45, 2.75) is 26.2 Å². The molecular weight excluding hydrogens is 344 g/mol. The van der Waals surface area contributed by atoms with E-state index in [9.17, 15) is 9.59 Å². The molecule has 1 aromatic carbocycles. The molecule has 0 radical (unpaired) electrons. The number of oxazole rings is 1. The number of nitrogens with zero attached hydrogens (tertiary/aromatic N) is 2. The van der Waals surface area contributed by atoms with Crippen LogP contribution in [0.15, 0.2) is 44.7 Å². The minimum Gasteiger partial charge on any atom is -0.447 e. The van der Waals surface area contributed by atoms with E-state index >= 15 is 0 Å². The number of hydrogen-bond donors (Lipinski definition) is 2. The lowest BCUT2D eigenvalue weighted by atomic mass is 9.92. The van der Waals surface area contributed by atoms with Crippen molar-refractivity contribution in [2.24, 2.45) is 0 Å². The summed E-state index contributed by atoms with van der Waals surface area (Å²) in [6, 6.07) is 8.76. The fourth-order valence-electron chi connectivity index (χ4n) is 2.62. The highest BCUT2D eigenvalue weighted by Crippen LogP contribution is 2.25. The molecule has 0 bridgehead atoms. The van der Waals surface area contributed by atoms with Crippen LogP contribution in [0, 0.1) is 11.3 Å². The minimum atomic E-state index is -0.458. The molecule has 2 aromatic heterocycles. The van der Waals surface area contributed by atoms with Gasteiger partial charge in [-0.25, -0.2) is 4.98 Å². The number of aromatic nitrogens is 3. The summed E-state index contributed by atoms with van der Waals surface area (Å²) in [5, 5.41) is 9.14.